The van der Waals surface area contributed by atoms with Crippen molar-refractivity contribution in [3.8, 4) is 0 Å². The van der Waals surface area contributed by atoms with Crippen molar-refractivity contribution in [1.82, 2.24) is 0 Å². The molecule has 1 N–H and O–H groups in total. The second-order valence-corrected chi connectivity index (χ2v) is 7.27. The number of quaternary nitrogens is 1. The van der Waals surface area contributed by atoms with Crippen LogP contribution in [0.25, 0.3) is 0 Å². The van der Waals surface area contributed by atoms with E-state index in [9.17, 15) is 4.79 Å². The molecule has 1 atom stereocenters. The standard InChI is InChI=1S/C18H21N3O2S2/c22-17(15-5-4-14-25-15)16(21-7-2-1-3-8-21)18(24)19-6-9-20-10-12-23-13-11-20/h1-5,7-8,14,16H,6,9-13H2/p+1/t16-/m1/s1. The van der Waals surface area contributed by atoms with Crippen molar-refractivity contribution in [2.75, 3.05) is 39.4 Å². The molecule has 132 valence electrons. The molecule has 0 aromatic carbocycles. The number of nitrogens with zero attached hydrogens (tertiary/aromatic N) is 2. The van der Waals surface area contributed by atoms with Crippen molar-refractivity contribution in [2.45, 2.75) is 6.04 Å². The Kier molecular flexibility index (Phi) is 6.63. The van der Waals surface area contributed by atoms with E-state index in [1.54, 1.807) is 0 Å². The number of ether oxygens (including phenoxy) is 1. The maximum absolute atomic E-state index is 12.9. The Morgan fingerprint density at radius 1 is 1.28 bits per heavy atom. The van der Waals surface area contributed by atoms with Crippen molar-refractivity contribution in [3.05, 3.63) is 53.0 Å². The van der Waals surface area contributed by atoms with E-state index in [0.29, 0.717) is 16.5 Å². The van der Waals surface area contributed by atoms with Crippen LogP contribution in [0, 0.1) is 0 Å². The molecule has 0 bridgehead atoms. The fourth-order valence-corrected chi connectivity index (χ4v) is 3.84. The van der Waals surface area contributed by atoms with E-state index in [1.165, 1.54) is 16.2 Å². The summed E-state index contributed by atoms with van der Waals surface area (Å²) in [4.78, 5) is 19.7. The summed E-state index contributed by atoms with van der Waals surface area (Å²) >= 11 is 6.97. The number of morpholine rings is 1. The number of aromatic nitrogens is 1. The van der Waals surface area contributed by atoms with Gasteiger partial charge in [0.1, 0.15) is 13.1 Å². The van der Waals surface area contributed by atoms with Crippen LogP contribution in [0.5, 0.6) is 0 Å². The Labute approximate surface area is 157 Å². The van der Waals surface area contributed by atoms with Crippen molar-refractivity contribution in [1.29, 1.82) is 0 Å². The molecular formula is C18H22N3O2S2+. The molecule has 1 aliphatic rings. The topological polar surface area (TPSA) is 47.0 Å². The van der Waals surface area contributed by atoms with Crippen LogP contribution >= 0.6 is 11.3 Å². The summed E-state index contributed by atoms with van der Waals surface area (Å²) in [5.41, 5.74) is 0. The molecule has 0 aliphatic carbocycles. The Hall–Kier alpha value is -1.67. The van der Waals surface area contributed by atoms with Gasteiger partial charge in [-0.3, -0.25) is 4.79 Å². The number of hydrogen-bond donors (Lipinski definition) is 1. The zero-order valence-electron chi connectivity index (χ0n) is 14.0. The molecule has 1 saturated heterocycles. The number of ketones is 1. The van der Waals surface area contributed by atoms with E-state index < -0.39 is 6.04 Å². The van der Waals surface area contributed by atoms with Gasteiger partial charge in [-0.15, -0.1) is 11.3 Å². The summed E-state index contributed by atoms with van der Waals surface area (Å²) in [6, 6.07) is 8.88. The summed E-state index contributed by atoms with van der Waals surface area (Å²) in [6.45, 7) is 5.18. The maximum atomic E-state index is 12.9. The van der Waals surface area contributed by atoms with Gasteiger partial charge < -0.3 is 27.3 Å². The van der Waals surface area contributed by atoms with Gasteiger partial charge in [-0.2, -0.15) is 4.57 Å². The average molecular weight is 377 g/mol. The van der Waals surface area contributed by atoms with Crippen molar-refractivity contribution < 1.29 is 19.0 Å². The Balaban J connectivity index is 1.73. The molecule has 3 rings (SSSR count). The van der Waals surface area contributed by atoms with Gasteiger partial charge in [0.15, 0.2) is 12.4 Å². The molecule has 0 unspecified atom stereocenters. The third-order valence-corrected chi connectivity index (χ3v) is 5.45. The number of pyridine rings is 1. The van der Waals surface area contributed by atoms with E-state index in [4.69, 9.17) is 17.4 Å². The molecule has 0 spiro atoms. The molecule has 0 radical (unpaired) electrons. The minimum atomic E-state index is -0.561. The first-order valence-corrected chi connectivity index (χ1v) is 9.70. The van der Waals surface area contributed by atoms with Crippen molar-refractivity contribution >= 4 is 34.8 Å². The molecule has 0 saturated carbocycles. The highest BCUT2D eigenvalue weighted by Gasteiger charge is 2.28. The van der Waals surface area contributed by atoms with Gasteiger partial charge >= 0.3 is 0 Å². The third kappa shape index (κ3) is 4.92. The lowest BCUT2D eigenvalue weighted by Crippen LogP contribution is -3.14. The van der Waals surface area contributed by atoms with E-state index in [0.717, 1.165) is 32.8 Å². The van der Waals surface area contributed by atoms with Crippen LogP contribution in [0.15, 0.2) is 53.1 Å². The lowest BCUT2D eigenvalue weighted by atomic mass is 10.1. The van der Waals surface area contributed by atoms with E-state index in [-0.39, 0.29) is 5.78 Å². The van der Waals surface area contributed by atoms with Gasteiger partial charge in [0, 0.05) is 12.1 Å². The second-order valence-electron chi connectivity index (χ2n) is 5.90. The molecule has 5 nitrogen and oxygen atoms in total. The molecule has 2 aromatic heterocycles. The Bertz CT molecular complexity index is 698. The Morgan fingerprint density at radius 2 is 2.04 bits per heavy atom. The van der Waals surface area contributed by atoms with E-state index in [2.05, 4.69) is 4.99 Å². The summed E-state index contributed by atoms with van der Waals surface area (Å²) < 4.78 is 7.21. The van der Waals surface area contributed by atoms with Gasteiger partial charge in [0.05, 0.1) is 31.2 Å². The highest BCUT2D eigenvalue weighted by atomic mass is 32.1. The number of Topliss-reactive ketones (excluding diaryl/α,β-unsaturated/α-hetero) is 1. The minimum Gasteiger partial charge on any atom is -0.758 e. The molecular weight excluding hydrogens is 354 g/mol. The minimum absolute atomic E-state index is 0.00123. The lowest BCUT2D eigenvalue weighted by molar-refractivity contribution is -0.906. The predicted molar refractivity (Wildman–Crippen MR) is 100 cm³/mol. The first-order chi connectivity index (χ1) is 12.3. The SMILES string of the molecule is O=C(c1cccs1)[C@H](C([S-])=NCC[NH+]1CCOCC1)[n+]1ccccc1. The van der Waals surface area contributed by atoms with Crippen LogP contribution < -0.4 is 9.47 Å². The van der Waals surface area contributed by atoms with Gasteiger partial charge in [-0.1, -0.05) is 12.1 Å². The largest absolute Gasteiger partial charge is 0.758 e. The zero-order valence-corrected chi connectivity index (χ0v) is 15.6. The third-order valence-electron chi connectivity index (χ3n) is 4.22. The van der Waals surface area contributed by atoms with Crippen LogP contribution in [-0.4, -0.2) is 50.2 Å². The van der Waals surface area contributed by atoms with Crippen molar-refractivity contribution in [3.63, 3.8) is 0 Å². The van der Waals surface area contributed by atoms with Gasteiger partial charge in [-0.05, 0) is 16.5 Å². The molecule has 1 fully saturated rings. The number of thiophene rings is 1. The van der Waals surface area contributed by atoms with Crippen molar-refractivity contribution in [2.24, 2.45) is 4.99 Å². The summed E-state index contributed by atoms with van der Waals surface area (Å²) in [5.74, 6) is -0.00123. The summed E-state index contributed by atoms with van der Waals surface area (Å²) in [7, 11) is 0. The smallest absolute Gasteiger partial charge is 0.244 e. The quantitative estimate of drug-likeness (QED) is 0.249. The molecule has 3 heterocycles. The maximum Gasteiger partial charge on any atom is 0.244 e. The highest BCUT2D eigenvalue weighted by Crippen LogP contribution is 2.16. The first kappa shape index (κ1) is 18.1. The molecule has 1 aliphatic heterocycles. The number of rotatable bonds is 7. The number of hydrogen-bond acceptors (Lipinski definition) is 5. The molecule has 25 heavy (non-hydrogen) atoms. The van der Waals surface area contributed by atoms with Crippen LogP contribution in [0.1, 0.15) is 15.7 Å². The molecule has 7 heteroatoms. The second kappa shape index (κ2) is 9.15. The lowest BCUT2D eigenvalue weighted by Gasteiger charge is -2.23. The van der Waals surface area contributed by atoms with E-state index in [1.807, 2.05) is 52.7 Å². The fourth-order valence-electron chi connectivity index (χ4n) is 2.83. The van der Waals surface area contributed by atoms with Crippen LogP contribution in [0.4, 0.5) is 0 Å². The Morgan fingerprint density at radius 3 is 2.72 bits per heavy atom. The predicted octanol–water partition coefficient (Wildman–Crippen LogP) is 0.320. The number of aliphatic imine (C=N–C) groups is 1. The number of nitrogens with one attached hydrogen (secondary N) is 1. The van der Waals surface area contributed by atoms with Crippen LogP contribution in [-0.2, 0) is 17.4 Å². The van der Waals surface area contributed by atoms with Crippen LogP contribution in [0.2, 0.25) is 0 Å². The van der Waals surface area contributed by atoms with Gasteiger partial charge in [0.25, 0.3) is 0 Å². The fraction of sp³-hybridized carbons (Fsp3) is 0.389. The number of carbonyl (C=O) groups is 1. The van der Waals surface area contributed by atoms with Gasteiger partial charge in [-0.25, -0.2) is 0 Å². The van der Waals surface area contributed by atoms with Crippen LogP contribution in [0.3, 0.4) is 0 Å². The highest BCUT2D eigenvalue weighted by molar-refractivity contribution is 7.77. The summed E-state index contributed by atoms with van der Waals surface area (Å²) in [5, 5.41) is 2.35. The molecule has 0 amide bonds. The average Bonchev–Trinajstić information content (AvgIpc) is 3.18. The first-order valence-electron chi connectivity index (χ1n) is 8.42. The zero-order chi connectivity index (χ0) is 17.5. The molecule has 2 aromatic rings. The van der Waals surface area contributed by atoms with Gasteiger partial charge in [0.2, 0.25) is 11.8 Å². The van der Waals surface area contributed by atoms with E-state index >= 15 is 0 Å². The normalized spacial score (nSPS) is 17.4. The summed E-state index contributed by atoms with van der Waals surface area (Å²) in [6.07, 6.45) is 3.73. The number of carbonyl (C=O) groups excluding carboxylic acids is 1. The monoisotopic (exact) mass is 376 g/mol.